The standard InChI is InChI=1S/C18H28/c1-4-7-9-11-14-16(6-3)17-12-13(10-8-5-2)15(17)18(14,16)17/h9,11,13-15H,4-8,10,12H2,1-3H3. The van der Waals surface area contributed by atoms with E-state index in [9.17, 15) is 0 Å². The van der Waals surface area contributed by atoms with Gasteiger partial charge >= 0.3 is 0 Å². The van der Waals surface area contributed by atoms with E-state index in [-0.39, 0.29) is 0 Å². The van der Waals surface area contributed by atoms with E-state index in [1.807, 2.05) is 0 Å². The molecular formula is C18H28. The van der Waals surface area contributed by atoms with Crippen LogP contribution in [0, 0.1) is 34.0 Å². The second-order valence-corrected chi connectivity index (χ2v) is 7.44. The van der Waals surface area contributed by atoms with Crippen molar-refractivity contribution in [3.05, 3.63) is 12.2 Å². The first kappa shape index (κ1) is 11.6. The molecule has 4 fully saturated rings. The Hall–Kier alpha value is -0.260. The molecule has 0 N–H and O–H groups in total. The molecule has 4 saturated carbocycles. The first-order valence-corrected chi connectivity index (χ1v) is 8.46. The predicted molar refractivity (Wildman–Crippen MR) is 76.3 cm³/mol. The highest BCUT2D eigenvalue weighted by molar-refractivity contribution is 5.69. The van der Waals surface area contributed by atoms with E-state index < -0.39 is 0 Å². The van der Waals surface area contributed by atoms with Gasteiger partial charge in [-0.05, 0) is 53.3 Å². The van der Waals surface area contributed by atoms with Gasteiger partial charge in [0.05, 0.1) is 0 Å². The average Bonchev–Trinajstić information content (AvgIpc) is 3.21. The molecule has 0 aliphatic heterocycles. The first-order valence-electron chi connectivity index (χ1n) is 8.46. The van der Waals surface area contributed by atoms with Crippen molar-refractivity contribution in [1.82, 2.24) is 0 Å². The third-order valence-electron chi connectivity index (χ3n) is 7.41. The molecule has 0 heteroatoms. The van der Waals surface area contributed by atoms with Crippen molar-refractivity contribution in [2.75, 3.05) is 0 Å². The molecule has 6 atom stereocenters. The van der Waals surface area contributed by atoms with Crippen LogP contribution >= 0.6 is 0 Å². The molecule has 0 radical (unpaired) electrons. The Labute approximate surface area is 112 Å². The number of allylic oxidation sites excluding steroid dienone is 2. The van der Waals surface area contributed by atoms with E-state index in [2.05, 4.69) is 32.9 Å². The van der Waals surface area contributed by atoms with Gasteiger partial charge in [0, 0.05) is 0 Å². The summed E-state index contributed by atoms with van der Waals surface area (Å²) >= 11 is 0. The lowest BCUT2D eigenvalue weighted by Gasteiger charge is -2.39. The number of unbranched alkanes of at least 4 members (excludes halogenated alkanes) is 2. The topological polar surface area (TPSA) is 0 Å². The van der Waals surface area contributed by atoms with E-state index in [4.69, 9.17) is 0 Å². The Morgan fingerprint density at radius 3 is 2.67 bits per heavy atom. The van der Waals surface area contributed by atoms with Crippen LogP contribution < -0.4 is 0 Å². The second kappa shape index (κ2) is 3.25. The van der Waals surface area contributed by atoms with E-state index in [0.717, 1.165) is 28.1 Å². The highest BCUT2D eigenvalue weighted by atomic mass is 15.2. The van der Waals surface area contributed by atoms with Crippen LogP contribution in [0.3, 0.4) is 0 Å². The van der Waals surface area contributed by atoms with Crippen LogP contribution in [0.1, 0.15) is 65.7 Å². The Morgan fingerprint density at radius 2 is 2.00 bits per heavy atom. The molecule has 0 bridgehead atoms. The van der Waals surface area contributed by atoms with Crippen LogP contribution in [-0.4, -0.2) is 0 Å². The Kier molecular flexibility index (Phi) is 2.08. The van der Waals surface area contributed by atoms with E-state index in [1.165, 1.54) is 44.4 Å². The van der Waals surface area contributed by atoms with Crippen molar-refractivity contribution in [1.29, 1.82) is 0 Å². The SMILES string of the molecule is CCCC=CC1C2(CC)C34CC(CCCC)C3C124. The van der Waals surface area contributed by atoms with Gasteiger partial charge in [0.15, 0.2) is 0 Å². The predicted octanol–water partition coefficient (Wildman–Crippen LogP) is 5.20. The summed E-state index contributed by atoms with van der Waals surface area (Å²) in [6, 6.07) is 0. The molecule has 4 aliphatic carbocycles. The molecule has 0 amide bonds. The monoisotopic (exact) mass is 244 g/mol. The normalized spacial score (nSPS) is 57.6. The summed E-state index contributed by atoms with van der Waals surface area (Å²) in [5, 5.41) is 0. The summed E-state index contributed by atoms with van der Waals surface area (Å²) in [5.41, 5.74) is 2.66. The summed E-state index contributed by atoms with van der Waals surface area (Å²) in [5.74, 6) is 3.33. The van der Waals surface area contributed by atoms with Gasteiger partial charge in [0.2, 0.25) is 0 Å². The molecule has 0 nitrogen and oxygen atoms in total. The summed E-state index contributed by atoms with van der Waals surface area (Å²) in [6.07, 6.45) is 15.2. The highest BCUT2D eigenvalue weighted by Gasteiger charge is 3.21. The van der Waals surface area contributed by atoms with Crippen molar-refractivity contribution in [2.24, 2.45) is 34.0 Å². The van der Waals surface area contributed by atoms with Crippen LogP contribution in [0.4, 0.5) is 0 Å². The maximum Gasteiger partial charge on any atom is -0.00592 e. The zero-order valence-electron chi connectivity index (χ0n) is 12.3. The van der Waals surface area contributed by atoms with Crippen LogP contribution in [0.5, 0.6) is 0 Å². The summed E-state index contributed by atoms with van der Waals surface area (Å²) < 4.78 is 0. The van der Waals surface area contributed by atoms with Crippen molar-refractivity contribution in [2.45, 2.75) is 65.7 Å². The fourth-order valence-corrected chi connectivity index (χ4v) is 7.04. The Balaban J connectivity index is 1.42. The third kappa shape index (κ3) is 0.791. The molecule has 0 heterocycles. The molecule has 0 saturated heterocycles. The van der Waals surface area contributed by atoms with Gasteiger partial charge in [-0.25, -0.2) is 0 Å². The minimum Gasteiger partial charge on any atom is -0.0882 e. The van der Waals surface area contributed by atoms with Crippen molar-refractivity contribution in [3.8, 4) is 0 Å². The van der Waals surface area contributed by atoms with Gasteiger partial charge in [-0.15, -0.1) is 0 Å². The highest BCUT2D eigenvalue weighted by Crippen LogP contribution is 3.24. The molecule has 0 aromatic carbocycles. The smallest absolute Gasteiger partial charge is 0.00592 e. The van der Waals surface area contributed by atoms with Crippen LogP contribution in [0.15, 0.2) is 12.2 Å². The molecule has 4 aliphatic rings. The molecule has 100 valence electrons. The van der Waals surface area contributed by atoms with Crippen molar-refractivity contribution >= 4 is 0 Å². The van der Waals surface area contributed by atoms with Crippen molar-refractivity contribution < 1.29 is 0 Å². The third-order valence-corrected chi connectivity index (χ3v) is 7.41. The molecule has 0 aromatic rings. The van der Waals surface area contributed by atoms with Gasteiger partial charge in [-0.2, -0.15) is 0 Å². The largest absolute Gasteiger partial charge is 0.0882 e. The lowest BCUT2D eigenvalue weighted by atomic mass is 9.65. The zero-order valence-corrected chi connectivity index (χ0v) is 12.3. The fourth-order valence-electron chi connectivity index (χ4n) is 7.04. The molecule has 2 spiro atoms. The Morgan fingerprint density at radius 1 is 1.17 bits per heavy atom. The van der Waals surface area contributed by atoms with Gasteiger partial charge in [0.1, 0.15) is 0 Å². The van der Waals surface area contributed by atoms with Crippen LogP contribution in [0.2, 0.25) is 0 Å². The average molecular weight is 244 g/mol. The van der Waals surface area contributed by atoms with E-state index in [0.29, 0.717) is 0 Å². The second-order valence-electron chi connectivity index (χ2n) is 7.44. The maximum absolute atomic E-state index is 2.62. The molecular weight excluding hydrogens is 216 g/mol. The van der Waals surface area contributed by atoms with Crippen molar-refractivity contribution in [3.63, 3.8) is 0 Å². The lowest BCUT2D eigenvalue weighted by molar-refractivity contribution is 0.0926. The number of hydrogen-bond donors (Lipinski definition) is 0. The summed E-state index contributed by atoms with van der Waals surface area (Å²) in [6.45, 7) is 7.08. The van der Waals surface area contributed by atoms with Crippen LogP contribution in [-0.2, 0) is 0 Å². The summed E-state index contributed by atoms with van der Waals surface area (Å²) in [7, 11) is 0. The fraction of sp³-hybridized carbons (Fsp3) is 0.889. The van der Waals surface area contributed by atoms with Gasteiger partial charge in [-0.3, -0.25) is 0 Å². The van der Waals surface area contributed by atoms with Gasteiger partial charge < -0.3 is 0 Å². The van der Waals surface area contributed by atoms with E-state index in [1.54, 1.807) is 6.42 Å². The molecule has 18 heavy (non-hydrogen) atoms. The molecule has 0 aromatic heterocycles. The minimum atomic E-state index is 0.845. The summed E-state index contributed by atoms with van der Waals surface area (Å²) in [4.78, 5) is 0. The van der Waals surface area contributed by atoms with Crippen LogP contribution in [0.25, 0.3) is 0 Å². The van der Waals surface area contributed by atoms with E-state index >= 15 is 0 Å². The molecule has 6 unspecified atom stereocenters. The lowest BCUT2D eigenvalue weighted by Crippen LogP contribution is -2.33. The molecule has 4 rings (SSSR count). The Bertz CT molecular complexity index is 408. The zero-order chi connectivity index (χ0) is 12.6. The van der Waals surface area contributed by atoms with Gasteiger partial charge in [0.25, 0.3) is 0 Å². The quantitative estimate of drug-likeness (QED) is 0.540. The maximum atomic E-state index is 2.62. The number of hydrogen-bond acceptors (Lipinski definition) is 0. The first-order chi connectivity index (χ1) is 8.79. The van der Waals surface area contributed by atoms with Gasteiger partial charge in [-0.1, -0.05) is 58.6 Å². The minimum absolute atomic E-state index is 0.845. The number of rotatable bonds is 7.